The number of nitrogens with zero attached hydrogens (tertiary/aromatic N) is 3. The smallest absolute Gasteiger partial charge is 0.244 e. The fraction of sp³-hybridized carbons (Fsp3) is 0.250. The van der Waals surface area contributed by atoms with E-state index in [2.05, 4.69) is 22.3 Å². The molecule has 2 aromatic heterocycles. The first-order valence-corrected chi connectivity index (χ1v) is 9.47. The Morgan fingerprint density at radius 3 is 2.73 bits per heavy atom. The molecule has 0 aliphatic carbocycles. The number of hydrogen-bond donors (Lipinski definition) is 1. The molecule has 0 spiro atoms. The van der Waals surface area contributed by atoms with Gasteiger partial charge in [0.25, 0.3) is 0 Å². The average molecular weight is 366 g/mol. The van der Waals surface area contributed by atoms with Gasteiger partial charge in [-0.1, -0.05) is 25.1 Å². The highest BCUT2D eigenvalue weighted by molar-refractivity contribution is 7.09. The maximum Gasteiger partial charge on any atom is 0.244 e. The summed E-state index contributed by atoms with van der Waals surface area (Å²) in [7, 11) is 0. The van der Waals surface area contributed by atoms with Crippen LogP contribution < -0.4 is 5.32 Å². The highest BCUT2D eigenvalue weighted by Crippen LogP contribution is 2.19. The summed E-state index contributed by atoms with van der Waals surface area (Å²) in [6.07, 6.45) is 4.30. The van der Waals surface area contributed by atoms with E-state index in [1.54, 1.807) is 17.4 Å². The molecule has 0 fully saturated rings. The second-order valence-corrected chi connectivity index (χ2v) is 6.91. The lowest BCUT2D eigenvalue weighted by molar-refractivity contribution is -0.116. The van der Waals surface area contributed by atoms with Crippen molar-refractivity contribution in [3.8, 4) is 5.69 Å². The minimum absolute atomic E-state index is 0.137. The molecule has 134 valence electrons. The van der Waals surface area contributed by atoms with Crippen molar-refractivity contribution in [2.24, 2.45) is 0 Å². The Balaban J connectivity index is 1.68. The Hall–Kier alpha value is -2.73. The number of aromatic nitrogens is 3. The minimum atomic E-state index is -0.137. The lowest BCUT2D eigenvalue weighted by Gasteiger charge is -2.03. The molecule has 0 saturated carbocycles. The molecule has 0 saturated heterocycles. The van der Waals surface area contributed by atoms with E-state index in [9.17, 15) is 4.79 Å². The molecule has 1 aromatic carbocycles. The van der Waals surface area contributed by atoms with Crippen LogP contribution >= 0.6 is 11.3 Å². The molecule has 26 heavy (non-hydrogen) atoms. The number of rotatable bonds is 6. The highest BCUT2D eigenvalue weighted by atomic mass is 32.1. The number of amides is 1. The summed E-state index contributed by atoms with van der Waals surface area (Å²) in [6.45, 7) is 6.48. The Kier molecular flexibility index (Phi) is 5.63. The van der Waals surface area contributed by atoms with Crippen LogP contribution in [0.25, 0.3) is 11.8 Å². The van der Waals surface area contributed by atoms with E-state index in [0.717, 1.165) is 39.8 Å². The number of thiazole rings is 1. The zero-order valence-corrected chi connectivity index (χ0v) is 16.0. The van der Waals surface area contributed by atoms with Crippen LogP contribution in [0.1, 0.15) is 34.6 Å². The first kappa shape index (κ1) is 18.1. The number of carbonyl (C=O) groups is 1. The predicted octanol–water partition coefficient (Wildman–Crippen LogP) is 3.84. The fourth-order valence-corrected chi connectivity index (χ4v) is 3.45. The van der Waals surface area contributed by atoms with Gasteiger partial charge in [0.05, 0.1) is 28.6 Å². The van der Waals surface area contributed by atoms with Crippen molar-refractivity contribution < 1.29 is 4.79 Å². The number of carbonyl (C=O) groups excluding carboxylic acids is 1. The second-order valence-electron chi connectivity index (χ2n) is 5.97. The molecule has 0 atom stereocenters. The van der Waals surface area contributed by atoms with E-state index in [-0.39, 0.29) is 5.91 Å². The number of para-hydroxylation sites is 1. The molecule has 0 aliphatic rings. The third-order valence-corrected chi connectivity index (χ3v) is 5.14. The first-order chi connectivity index (χ1) is 12.6. The Morgan fingerprint density at radius 2 is 2.04 bits per heavy atom. The van der Waals surface area contributed by atoms with Crippen molar-refractivity contribution in [3.63, 3.8) is 0 Å². The lowest BCUT2D eigenvalue weighted by atomic mass is 10.2. The minimum Gasteiger partial charge on any atom is -0.347 e. The summed E-state index contributed by atoms with van der Waals surface area (Å²) >= 11 is 1.62. The maximum absolute atomic E-state index is 12.1. The van der Waals surface area contributed by atoms with Gasteiger partial charge in [-0.3, -0.25) is 4.79 Å². The van der Waals surface area contributed by atoms with Crippen molar-refractivity contribution in [1.82, 2.24) is 20.1 Å². The monoisotopic (exact) mass is 366 g/mol. The van der Waals surface area contributed by atoms with E-state index >= 15 is 0 Å². The van der Waals surface area contributed by atoms with Gasteiger partial charge in [-0.05, 0) is 38.5 Å². The largest absolute Gasteiger partial charge is 0.347 e. The van der Waals surface area contributed by atoms with E-state index in [0.29, 0.717) is 6.54 Å². The molecule has 1 N–H and O–H groups in total. The van der Waals surface area contributed by atoms with Crippen LogP contribution in [-0.4, -0.2) is 20.7 Å². The van der Waals surface area contributed by atoms with Gasteiger partial charge in [0.2, 0.25) is 5.91 Å². The zero-order valence-electron chi connectivity index (χ0n) is 15.2. The molecule has 2 heterocycles. The van der Waals surface area contributed by atoms with Crippen LogP contribution in [-0.2, 0) is 17.8 Å². The molecule has 6 heteroatoms. The van der Waals surface area contributed by atoms with Crippen LogP contribution in [0, 0.1) is 13.8 Å². The predicted molar refractivity (Wildman–Crippen MR) is 105 cm³/mol. The van der Waals surface area contributed by atoms with Gasteiger partial charge in [-0.2, -0.15) is 5.10 Å². The summed E-state index contributed by atoms with van der Waals surface area (Å²) in [5.74, 6) is -0.137. The molecule has 3 rings (SSSR count). The maximum atomic E-state index is 12.1. The number of hydrogen-bond acceptors (Lipinski definition) is 4. The lowest BCUT2D eigenvalue weighted by Crippen LogP contribution is -2.20. The third-order valence-electron chi connectivity index (χ3n) is 4.09. The standard InChI is InChI=1S/C20H22N4OS/c1-4-20-22-16(13-26-20)12-21-19(25)11-10-18-14(2)23-24(15(18)3)17-8-6-5-7-9-17/h5-11,13H,4,12H2,1-3H3,(H,21,25)/b11-10+. The molecular formula is C20H22N4OS. The first-order valence-electron chi connectivity index (χ1n) is 8.59. The number of aryl methyl sites for hydroxylation is 2. The van der Waals surface area contributed by atoms with Crippen molar-refractivity contribution in [1.29, 1.82) is 0 Å². The van der Waals surface area contributed by atoms with Gasteiger partial charge in [-0.15, -0.1) is 11.3 Å². The Bertz CT molecular complexity index is 925. The zero-order chi connectivity index (χ0) is 18.5. The van der Waals surface area contributed by atoms with Gasteiger partial charge in [0.1, 0.15) is 0 Å². The van der Waals surface area contributed by atoms with Gasteiger partial charge in [-0.25, -0.2) is 9.67 Å². The van der Waals surface area contributed by atoms with E-state index in [1.807, 2.05) is 60.3 Å². The quantitative estimate of drug-likeness (QED) is 0.674. The molecule has 0 bridgehead atoms. The SMILES string of the molecule is CCc1nc(CNC(=O)/C=C/c2c(C)nn(-c3ccccc3)c2C)cs1. The summed E-state index contributed by atoms with van der Waals surface area (Å²) in [6, 6.07) is 9.97. The van der Waals surface area contributed by atoms with Crippen LogP contribution in [0.15, 0.2) is 41.8 Å². The molecule has 1 amide bonds. The van der Waals surface area contributed by atoms with Crippen molar-refractivity contribution in [2.45, 2.75) is 33.7 Å². The van der Waals surface area contributed by atoms with Gasteiger partial charge >= 0.3 is 0 Å². The van der Waals surface area contributed by atoms with Crippen LogP contribution in [0.5, 0.6) is 0 Å². The number of benzene rings is 1. The summed E-state index contributed by atoms with van der Waals surface area (Å²) in [4.78, 5) is 16.6. The molecule has 0 aliphatic heterocycles. The summed E-state index contributed by atoms with van der Waals surface area (Å²) in [5, 5.41) is 10.5. The van der Waals surface area contributed by atoms with Crippen LogP contribution in [0.2, 0.25) is 0 Å². The summed E-state index contributed by atoms with van der Waals surface area (Å²) in [5.41, 5.74) is 4.77. The van der Waals surface area contributed by atoms with Crippen molar-refractivity contribution in [3.05, 3.63) is 69.4 Å². The van der Waals surface area contributed by atoms with Gasteiger partial charge in [0, 0.05) is 22.7 Å². The highest BCUT2D eigenvalue weighted by Gasteiger charge is 2.10. The summed E-state index contributed by atoms with van der Waals surface area (Å²) < 4.78 is 1.90. The Labute approximate surface area is 157 Å². The molecule has 0 unspecified atom stereocenters. The van der Waals surface area contributed by atoms with E-state index in [1.165, 1.54) is 0 Å². The van der Waals surface area contributed by atoms with Crippen LogP contribution in [0.4, 0.5) is 0 Å². The second kappa shape index (κ2) is 8.10. The van der Waals surface area contributed by atoms with Gasteiger partial charge in [0.15, 0.2) is 0 Å². The fourth-order valence-electron chi connectivity index (χ4n) is 2.70. The molecule has 3 aromatic rings. The van der Waals surface area contributed by atoms with Crippen molar-refractivity contribution in [2.75, 3.05) is 0 Å². The normalized spacial score (nSPS) is 11.2. The average Bonchev–Trinajstić information content (AvgIpc) is 3.23. The molecular weight excluding hydrogens is 344 g/mol. The third kappa shape index (κ3) is 4.08. The molecule has 5 nitrogen and oxygen atoms in total. The van der Waals surface area contributed by atoms with Crippen LogP contribution in [0.3, 0.4) is 0 Å². The topological polar surface area (TPSA) is 59.8 Å². The molecule has 0 radical (unpaired) electrons. The van der Waals surface area contributed by atoms with Crippen molar-refractivity contribution >= 4 is 23.3 Å². The van der Waals surface area contributed by atoms with Gasteiger partial charge < -0.3 is 5.32 Å². The van der Waals surface area contributed by atoms with E-state index < -0.39 is 0 Å². The number of nitrogens with one attached hydrogen (secondary N) is 1. The van der Waals surface area contributed by atoms with E-state index in [4.69, 9.17) is 0 Å². The Morgan fingerprint density at radius 1 is 1.27 bits per heavy atom.